The zero-order valence-corrected chi connectivity index (χ0v) is 16.9. The summed E-state index contributed by atoms with van der Waals surface area (Å²) in [6, 6.07) is 8.79. The molecule has 0 radical (unpaired) electrons. The molecule has 2 aliphatic heterocycles. The maximum Gasteiger partial charge on any atom is 0.242 e. The summed E-state index contributed by atoms with van der Waals surface area (Å²) in [5.41, 5.74) is 2.00. The third-order valence-electron chi connectivity index (χ3n) is 5.65. The number of amides is 1. The van der Waals surface area contributed by atoms with Gasteiger partial charge in [0.1, 0.15) is 5.54 Å². The second-order valence-electron chi connectivity index (χ2n) is 7.31. The Kier molecular flexibility index (Phi) is 5.91. The summed E-state index contributed by atoms with van der Waals surface area (Å²) in [7, 11) is 1.85. The predicted octanol–water partition coefficient (Wildman–Crippen LogP) is 3.73. The van der Waals surface area contributed by atoms with Gasteiger partial charge in [0.15, 0.2) is 11.6 Å². The zero-order valence-electron chi connectivity index (χ0n) is 16.1. The van der Waals surface area contributed by atoms with Crippen LogP contribution >= 0.6 is 12.4 Å². The summed E-state index contributed by atoms with van der Waals surface area (Å²) in [6.07, 6.45) is 4.24. The van der Waals surface area contributed by atoms with E-state index in [1.54, 1.807) is 17.2 Å². The Balaban J connectivity index is 0.00000225. The maximum atomic E-state index is 14.2. The molecule has 2 saturated heterocycles. The first-order valence-corrected chi connectivity index (χ1v) is 9.45. The lowest BCUT2D eigenvalue weighted by Gasteiger charge is -2.23. The topological polar surface area (TPSA) is 54.5 Å². The smallest absolute Gasteiger partial charge is 0.242 e. The summed E-state index contributed by atoms with van der Waals surface area (Å²) in [6.45, 7) is 3.02. The van der Waals surface area contributed by atoms with Gasteiger partial charge in [-0.05, 0) is 49.9 Å². The van der Waals surface area contributed by atoms with Crippen molar-refractivity contribution in [3.8, 4) is 16.9 Å². The Morgan fingerprint density at radius 2 is 2.18 bits per heavy atom. The predicted molar refractivity (Wildman–Crippen MR) is 108 cm³/mol. The van der Waals surface area contributed by atoms with Gasteiger partial charge in [-0.25, -0.2) is 4.39 Å². The molecule has 0 aliphatic carbocycles. The number of likely N-dealkylation sites (tertiary alicyclic amines) is 1. The highest BCUT2D eigenvalue weighted by Gasteiger charge is 2.50. The average Bonchev–Trinajstić information content (AvgIpc) is 3.24. The van der Waals surface area contributed by atoms with Crippen LogP contribution in [-0.4, -0.2) is 41.5 Å². The number of carbonyl (C=O) groups excluding carboxylic acids is 1. The highest BCUT2D eigenvalue weighted by Crippen LogP contribution is 2.40. The van der Waals surface area contributed by atoms with Gasteiger partial charge in [0.05, 0.1) is 18.3 Å². The van der Waals surface area contributed by atoms with E-state index in [9.17, 15) is 9.18 Å². The minimum Gasteiger partial charge on any atom is -0.490 e. The van der Waals surface area contributed by atoms with Crippen LogP contribution in [0.4, 0.5) is 4.39 Å². The van der Waals surface area contributed by atoms with E-state index in [0.29, 0.717) is 12.2 Å². The Bertz CT molecular complexity index is 878. The molecule has 2 aliphatic rings. The number of rotatable bonds is 4. The van der Waals surface area contributed by atoms with Crippen LogP contribution in [0.5, 0.6) is 5.75 Å². The molecular formula is C21H25ClFN3O2. The first kappa shape index (κ1) is 20.6. The Hall–Kier alpha value is -2.18. The minimum absolute atomic E-state index is 0. The van der Waals surface area contributed by atoms with Crippen molar-refractivity contribution in [2.75, 3.05) is 20.2 Å². The quantitative estimate of drug-likeness (QED) is 0.842. The van der Waals surface area contributed by atoms with E-state index < -0.39 is 5.54 Å². The van der Waals surface area contributed by atoms with E-state index >= 15 is 0 Å². The molecule has 1 amide bonds. The van der Waals surface area contributed by atoms with Crippen LogP contribution in [0.3, 0.4) is 0 Å². The molecule has 0 bridgehead atoms. The van der Waals surface area contributed by atoms with Crippen molar-refractivity contribution < 1.29 is 13.9 Å². The Labute approximate surface area is 170 Å². The standard InChI is InChI=1S/C21H24FN3O2.ClH/c1-3-27-19-15(5-4-6-16(19)22)14-8-11-23-18(13-14)17-7-9-21(24-17)10-12-25(2)20(21)26;/h4-6,8,11,13,17,24H,3,7,9-10,12H2,1-2H3;1H/t17-,21+;/m1./s1. The van der Waals surface area contributed by atoms with Gasteiger partial charge in [-0.1, -0.05) is 12.1 Å². The number of likely N-dealkylation sites (N-methyl/N-ethyl adjacent to an activating group) is 1. The van der Waals surface area contributed by atoms with Gasteiger partial charge in [-0.2, -0.15) is 0 Å². The van der Waals surface area contributed by atoms with Crippen molar-refractivity contribution in [2.24, 2.45) is 0 Å². The highest BCUT2D eigenvalue weighted by atomic mass is 35.5. The summed E-state index contributed by atoms with van der Waals surface area (Å²) >= 11 is 0. The summed E-state index contributed by atoms with van der Waals surface area (Å²) in [4.78, 5) is 18.8. The van der Waals surface area contributed by atoms with Gasteiger partial charge in [0.25, 0.3) is 0 Å². The molecule has 7 heteroatoms. The van der Waals surface area contributed by atoms with Crippen molar-refractivity contribution in [3.05, 3.63) is 48.0 Å². The molecule has 4 rings (SSSR count). The number of pyridine rings is 1. The normalized spacial score (nSPS) is 23.9. The lowest BCUT2D eigenvalue weighted by molar-refractivity contribution is -0.131. The van der Waals surface area contributed by atoms with E-state index in [1.165, 1.54) is 6.07 Å². The number of hydrogen-bond donors (Lipinski definition) is 1. The molecule has 1 spiro atoms. The van der Waals surface area contributed by atoms with Gasteiger partial charge in [-0.15, -0.1) is 12.4 Å². The molecule has 0 unspecified atom stereocenters. The maximum absolute atomic E-state index is 14.2. The summed E-state index contributed by atoms with van der Waals surface area (Å²) in [5.74, 6) is 0.0655. The van der Waals surface area contributed by atoms with E-state index in [2.05, 4.69) is 10.3 Å². The van der Waals surface area contributed by atoms with Crippen molar-refractivity contribution in [1.82, 2.24) is 15.2 Å². The van der Waals surface area contributed by atoms with E-state index in [0.717, 1.165) is 37.1 Å². The Morgan fingerprint density at radius 3 is 2.89 bits per heavy atom. The van der Waals surface area contributed by atoms with Crippen LogP contribution in [0.25, 0.3) is 11.1 Å². The third-order valence-corrected chi connectivity index (χ3v) is 5.65. The second-order valence-corrected chi connectivity index (χ2v) is 7.31. The molecule has 1 N–H and O–H groups in total. The fourth-order valence-electron chi connectivity index (χ4n) is 4.22. The van der Waals surface area contributed by atoms with Gasteiger partial charge in [-0.3, -0.25) is 15.1 Å². The number of benzene rings is 1. The number of hydrogen-bond acceptors (Lipinski definition) is 4. The molecule has 2 fully saturated rings. The lowest BCUT2D eigenvalue weighted by atomic mass is 9.96. The van der Waals surface area contributed by atoms with E-state index in [4.69, 9.17) is 4.74 Å². The second kappa shape index (κ2) is 8.05. The number of ether oxygens (including phenoxy) is 1. The number of carbonyl (C=O) groups is 1. The Morgan fingerprint density at radius 1 is 1.36 bits per heavy atom. The minimum atomic E-state index is -0.452. The molecule has 3 heterocycles. The van der Waals surface area contributed by atoms with E-state index in [-0.39, 0.29) is 35.9 Å². The molecule has 5 nitrogen and oxygen atoms in total. The van der Waals surface area contributed by atoms with Crippen molar-refractivity contribution >= 4 is 18.3 Å². The van der Waals surface area contributed by atoms with Gasteiger partial charge < -0.3 is 9.64 Å². The largest absolute Gasteiger partial charge is 0.490 e. The fourth-order valence-corrected chi connectivity index (χ4v) is 4.22. The summed E-state index contributed by atoms with van der Waals surface area (Å²) < 4.78 is 19.7. The molecule has 2 atom stereocenters. The van der Waals surface area contributed by atoms with Crippen molar-refractivity contribution in [3.63, 3.8) is 0 Å². The van der Waals surface area contributed by atoms with Crippen LogP contribution in [-0.2, 0) is 4.79 Å². The number of nitrogens with zero attached hydrogens (tertiary/aromatic N) is 2. The number of nitrogens with one attached hydrogen (secondary N) is 1. The number of para-hydroxylation sites is 1. The van der Waals surface area contributed by atoms with E-state index in [1.807, 2.05) is 32.2 Å². The monoisotopic (exact) mass is 405 g/mol. The van der Waals surface area contributed by atoms with Crippen LogP contribution in [0.2, 0.25) is 0 Å². The van der Waals surface area contributed by atoms with Crippen LogP contribution in [0.1, 0.15) is 37.9 Å². The third kappa shape index (κ3) is 3.47. The zero-order chi connectivity index (χ0) is 19.0. The molecule has 0 saturated carbocycles. The molecule has 28 heavy (non-hydrogen) atoms. The fraction of sp³-hybridized carbons (Fsp3) is 0.429. The SMILES string of the molecule is CCOc1c(F)cccc1-c1ccnc([C@H]2CC[C@@]3(CCN(C)C3=O)N2)c1.Cl. The van der Waals surface area contributed by atoms with Crippen molar-refractivity contribution in [2.45, 2.75) is 37.8 Å². The van der Waals surface area contributed by atoms with Crippen LogP contribution < -0.4 is 10.1 Å². The molecule has 1 aromatic heterocycles. The van der Waals surface area contributed by atoms with Crippen molar-refractivity contribution in [1.29, 1.82) is 0 Å². The average molecular weight is 406 g/mol. The molecule has 1 aromatic carbocycles. The summed E-state index contributed by atoms with van der Waals surface area (Å²) in [5, 5.41) is 3.53. The van der Waals surface area contributed by atoms with Crippen LogP contribution in [0.15, 0.2) is 36.5 Å². The van der Waals surface area contributed by atoms with Gasteiger partial charge >= 0.3 is 0 Å². The van der Waals surface area contributed by atoms with Gasteiger partial charge in [0.2, 0.25) is 5.91 Å². The molecular weight excluding hydrogens is 381 g/mol. The first-order valence-electron chi connectivity index (χ1n) is 9.45. The lowest BCUT2D eigenvalue weighted by Crippen LogP contribution is -2.47. The van der Waals surface area contributed by atoms with Gasteiger partial charge in [0, 0.05) is 25.4 Å². The highest BCUT2D eigenvalue weighted by molar-refractivity contribution is 5.88. The number of halogens is 2. The number of aromatic nitrogens is 1. The molecule has 2 aromatic rings. The molecule has 150 valence electrons. The van der Waals surface area contributed by atoms with Crippen LogP contribution in [0, 0.1) is 5.82 Å². The first-order chi connectivity index (χ1) is 13.0.